The van der Waals surface area contributed by atoms with Gasteiger partial charge in [0.05, 0.1) is 7.11 Å². The van der Waals surface area contributed by atoms with Crippen molar-refractivity contribution in [3.63, 3.8) is 0 Å². The van der Waals surface area contributed by atoms with Crippen molar-refractivity contribution in [2.75, 3.05) is 25.1 Å². The van der Waals surface area contributed by atoms with Crippen LogP contribution in [0.2, 0.25) is 0 Å². The van der Waals surface area contributed by atoms with Crippen LogP contribution in [0.15, 0.2) is 22.7 Å². The summed E-state index contributed by atoms with van der Waals surface area (Å²) in [6.45, 7) is 5.67. The number of rotatable bonds is 5. The van der Waals surface area contributed by atoms with Gasteiger partial charge < -0.3 is 19.3 Å². The Labute approximate surface area is 111 Å². The van der Waals surface area contributed by atoms with Gasteiger partial charge in [0.15, 0.2) is 11.5 Å². The lowest BCUT2D eigenvalue weighted by Crippen LogP contribution is -2.22. The molecule has 0 fully saturated rings. The lowest BCUT2D eigenvalue weighted by atomic mass is 10.2. The highest BCUT2D eigenvalue weighted by molar-refractivity contribution is 5.60. The molecule has 0 spiro atoms. The van der Waals surface area contributed by atoms with Gasteiger partial charge >= 0.3 is 0 Å². The van der Waals surface area contributed by atoms with E-state index in [1.54, 1.807) is 18.2 Å². The Morgan fingerprint density at radius 1 is 1.32 bits per heavy atom. The third kappa shape index (κ3) is 2.62. The summed E-state index contributed by atoms with van der Waals surface area (Å²) in [5, 5.41) is 13.7. The van der Waals surface area contributed by atoms with Gasteiger partial charge in [-0.1, -0.05) is 0 Å². The molecule has 1 aromatic carbocycles. The summed E-state index contributed by atoms with van der Waals surface area (Å²) in [7, 11) is 1.50. The highest BCUT2D eigenvalue weighted by Gasteiger charge is 2.14. The molecule has 6 heteroatoms. The molecule has 0 radical (unpaired) electrons. The van der Waals surface area contributed by atoms with Gasteiger partial charge in [0.2, 0.25) is 0 Å². The largest absolute Gasteiger partial charge is 0.504 e. The number of ether oxygens (including phenoxy) is 1. The molecule has 0 aliphatic heterocycles. The molecule has 0 aliphatic rings. The van der Waals surface area contributed by atoms with Gasteiger partial charge in [-0.2, -0.15) is 4.98 Å². The van der Waals surface area contributed by atoms with Crippen molar-refractivity contribution in [3.8, 4) is 23.0 Å². The summed E-state index contributed by atoms with van der Waals surface area (Å²) in [6, 6.07) is 4.96. The Morgan fingerprint density at radius 3 is 2.63 bits per heavy atom. The highest BCUT2D eigenvalue weighted by atomic mass is 16.5. The van der Waals surface area contributed by atoms with Gasteiger partial charge in [-0.15, -0.1) is 0 Å². The van der Waals surface area contributed by atoms with Gasteiger partial charge in [0.1, 0.15) is 0 Å². The number of benzene rings is 1. The summed E-state index contributed by atoms with van der Waals surface area (Å²) in [5.41, 5.74) is 0.657. The first-order valence-electron chi connectivity index (χ1n) is 6.15. The quantitative estimate of drug-likeness (QED) is 0.892. The number of nitrogens with zero attached hydrogens (tertiary/aromatic N) is 3. The molecule has 0 aliphatic carbocycles. The maximum atomic E-state index is 9.74. The van der Waals surface area contributed by atoms with Crippen LogP contribution in [0, 0.1) is 0 Å². The number of methoxy groups -OCH3 is 1. The minimum absolute atomic E-state index is 0.0441. The molecule has 1 aromatic heterocycles. The zero-order valence-corrected chi connectivity index (χ0v) is 11.3. The number of anilines is 1. The van der Waals surface area contributed by atoms with Crippen LogP contribution in [-0.2, 0) is 0 Å². The van der Waals surface area contributed by atoms with Gasteiger partial charge in [-0.3, -0.25) is 0 Å². The van der Waals surface area contributed by atoms with E-state index in [1.165, 1.54) is 7.11 Å². The number of phenols is 1. The fourth-order valence-electron chi connectivity index (χ4n) is 1.79. The Morgan fingerprint density at radius 2 is 2.05 bits per heavy atom. The highest BCUT2D eigenvalue weighted by Crippen LogP contribution is 2.31. The van der Waals surface area contributed by atoms with Crippen molar-refractivity contribution in [2.45, 2.75) is 13.8 Å². The van der Waals surface area contributed by atoms with Crippen LogP contribution in [0.3, 0.4) is 0 Å². The number of aromatic hydroxyl groups is 1. The molecule has 0 bridgehead atoms. The predicted molar refractivity (Wildman–Crippen MR) is 71.5 cm³/mol. The topological polar surface area (TPSA) is 71.6 Å². The molecule has 1 heterocycles. The third-order valence-electron chi connectivity index (χ3n) is 2.89. The number of phenolic OH excluding ortho intramolecular Hbond substituents is 1. The zero-order chi connectivity index (χ0) is 13.8. The lowest BCUT2D eigenvalue weighted by molar-refractivity contribution is 0.373. The van der Waals surface area contributed by atoms with Crippen LogP contribution in [0.4, 0.5) is 5.95 Å². The van der Waals surface area contributed by atoms with Crippen molar-refractivity contribution in [2.24, 2.45) is 0 Å². The van der Waals surface area contributed by atoms with E-state index in [9.17, 15) is 5.11 Å². The van der Waals surface area contributed by atoms with E-state index in [-0.39, 0.29) is 5.75 Å². The van der Waals surface area contributed by atoms with Crippen LogP contribution >= 0.6 is 0 Å². The summed E-state index contributed by atoms with van der Waals surface area (Å²) in [5.74, 6) is 1.38. The maximum absolute atomic E-state index is 9.74. The zero-order valence-electron chi connectivity index (χ0n) is 11.3. The average Bonchev–Trinajstić information content (AvgIpc) is 2.90. The molecule has 2 aromatic rings. The SMILES string of the molecule is CCN(CC)c1noc(-c2ccc(OC)c(O)c2)n1. The first kappa shape index (κ1) is 13.2. The van der Waals surface area contributed by atoms with Gasteiger partial charge in [-0.25, -0.2) is 0 Å². The molecule has 102 valence electrons. The van der Waals surface area contributed by atoms with E-state index in [0.717, 1.165) is 13.1 Å². The van der Waals surface area contributed by atoms with E-state index in [4.69, 9.17) is 9.26 Å². The van der Waals surface area contributed by atoms with Gasteiger partial charge in [-0.05, 0) is 37.2 Å². The van der Waals surface area contributed by atoms with Crippen LogP contribution in [0.25, 0.3) is 11.5 Å². The van der Waals surface area contributed by atoms with Crippen LogP contribution in [0.5, 0.6) is 11.5 Å². The van der Waals surface area contributed by atoms with Crippen LogP contribution in [-0.4, -0.2) is 35.4 Å². The van der Waals surface area contributed by atoms with Gasteiger partial charge in [0.25, 0.3) is 11.8 Å². The Hall–Kier alpha value is -2.24. The Bertz CT molecular complexity index is 550. The number of hydrogen-bond acceptors (Lipinski definition) is 6. The number of aromatic nitrogens is 2. The van der Waals surface area contributed by atoms with Crippen molar-refractivity contribution in [1.29, 1.82) is 0 Å². The minimum Gasteiger partial charge on any atom is -0.504 e. The summed E-state index contributed by atoms with van der Waals surface area (Å²) >= 11 is 0. The first-order valence-corrected chi connectivity index (χ1v) is 6.15. The second kappa shape index (κ2) is 5.60. The van der Waals surface area contributed by atoms with E-state index in [2.05, 4.69) is 10.1 Å². The van der Waals surface area contributed by atoms with Crippen molar-refractivity contribution < 1.29 is 14.4 Å². The van der Waals surface area contributed by atoms with Crippen LogP contribution in [0.1, 0.15) is 13.8 Å². The number of hydrogen-bond donors (Lipinski definition) is 1. The molecule has 19 heavy (non-hydrogen) atoms. The molecule has 0 saturated carbocycles. The monoisotopic (exact) mass is 263 g/mol. The van der Waals surface area contributed by atoms with Crippen LogP contribution < -0.4 is 9.64 Å². The minimum atomic E-state index is 0.0441. The summed E-state index contributed by atoms with van der Waals surface area (Å²) in [6.07, 6.45) is 0. The second-order valence-corrected chi connectivity index (χ2v) is 3.96. The van der Waals surface area contributed by atoms with E-state index in [0.29, 0.717) is 23.2 Å². The molecular formula is C13H17N3O3. The molecule has 6 nitrogen and oxygen atoms in total. The molecule has 0 atom stereocenters. The van der Waals surface area contributed by atoms with Crippen molar-refractivity contribution in [3.05, 3.63) is 18.2 Å². The molecule has 0 amide bonds. The normalized spacial score (nSPS) is 10.5. The Kier molecular flexibility index (Phi) is 3.89. The molecule has 2 rings (SSSR count). The summed E-state index contributed by atoms with van der Waals surface area (Å²) in [4.78, 5) is 6.30. The summed E-state index contributed by atoms with van der Waals surface area (Å²) < 4.78 is 10.2. The van der Waals surface area contributed by atoms with E-state index in [1.807, 2.05) is 18.7 Å². The fraction of sp³-hybridized carbons (Fsp3) is 0.385. The average molecular weight is 263 g/mol. The standard InChI is InChI=1S/C13H17N3O3/c1-4-16(5-2)13-14-12(19-15-13)9-6-7-11(18-3)10(17)8-9/h6-8,17H,4-5H2,1-3H3. The Balaban J connectivity index is 2.30. The van der Waals surface area contributed by atoms with Crippen molar-refractivity contribution in [1.82, 2.24) is 10.1 Å². The fourth-order valence-corrected chi connectivity index (χ4v) is 1.79. The van der Waals surface area contributed by atoms with Crippen molar-refractivity contribution >= 4 is 5.95 Å². The third-order valence-corrected chi connectivity index (χ3v) is 2.89. The first-order chi connectivity index (χ1) is 9.19. The molecule has 1 N–H and O–H groups in total. The van der Waals surface area contributed by atoms with E-state index < -0.39 is 0 Å². The second-order valence-electron chi connectivity index (χ2n) is 3.96. The van der Waals surface area contributed by atoms with E-state index >= 15 is 0 Å². The molecule has 0 unspecified atom stereocenters. The predicted octanol–water partition coefficient (Wildman–Crippen LogP) is 2.30. The van der Waals surface area contributed by atoms with Gasteiger partial charge in [0, 0.05) is 18.7 Å². The lowest BCUT2D eigenvalue weighted by Gasteiger charge is -2.14. The molecule has 0 saturated heterocycles. The molecular weight excluding hydrogens is 246 g/mol. The smallest absolute Gasteiger partial charge is 0.266 e. The maximum Gasteiger partial charge on any atom is 0.266 e.